The average molecular weight is 537 g/mol. The van der Waals surface area contributed by atoms with E-state index < -0.39 is 17.7 Å². The highest BCUT2D eigenvalue weighted by Gasteiger charge is 2.48. The van der Waals surface area contributed by atoms with Gasteiger partial charge in [0, 0.05) is 28.7 Å². The van der Waals surface area contributed by atoms with Crippen molar-refractivity contribution in [1.29, 1.82) is 0 Å². The third-order valence-corrected chi connectivity index (χ3v) is 7.86. The highest BCUT2D eigenvalue weighted by molar-refractivity contribution is 8.00. The molecule has 180 valence electrons. The minimum absolute atomic E-state index is 0.0293. The Kier molecular flexibility index (Phi) is 6.73. The van der Waals surface area contributed by atoms with E-state index in [4.69, 9.17) is 11.6 Å². The molecule has 1 atom stereocenters. The summed E-state index contributed by atoms with van der Waals surface area (Å²) in [5.41, 5.74) is 1.84. The van der Waals surface area contributed by atoms with Gasteiger partial charge in [0.05, 0.1) is 11.6 Å². The predicted octanol–water partition coefficient (Wildman–Crippen LogP) is 5.21. The summed E-state index contributed by atoms with van der Waals surface area (Å²) in [6.45, 7) is 0. The van der Waals surface area contributed by atoms with Gasteiger partial charge in [-0.05, 0) is 47.5 Å². The van der Waals surface area contributed by atoms with Crippen LogP contribution in [0.2, 0.25) is 5.02 Å². The van der Waals surface area contributed by atoms with E-state index in [0.29, 0.717) is 26.2 Å². The maximum absolute atomic E-state index is 13.2. The van der Waals surface area contributed by atoms with Crippen molar-refractivity contribution in [1.82, 2.24) is 15.2 Å². The molecule has 1 unspecified atom stereocenters. The van der Waals surface area contributed by atoms with Gasteiger partial charge in [0.25, 0.3) is 5.78 Å². The van der Waals surface area contributed by atoms with Crippen LogP contribution in [0.1, 0.15) is 22.7 Å². The highest BCUT2D eigenvalue weighted by atomic mass is 35.5. The quantitative estimate of drug-likeness (QED) is 0.113. The number of aliphatic hydroxyl groups excluding tert-OH is 1. The molecule has 1 saturated heterocycles. The largest absolute Gasteiger partial charge is 0.508 e. The molecule has 0 radical (unpaired) electrons. The molecule has 2 N–H and O–H groups in total. The molecule has 3 heterocycles. The summed E-state index contributed by atoms with van der Waals surface area (Å²) in [4.78, 5) is 31.6. The fourth-order valence-corrected chi connectivity index (χ4v) is 5.70. The molecule has 2 aromatic carbocycles. The van der Waals surface area contributed by atoms with Crippen LogP contribution in [0.4, 0.5) is 5.13 Å². The molecule has 2 aromatic heterocycles. The minimum atomic E-state index is -0.958. The van der Waals surface area contributed by atoms with E-state index in [1.807, 2.05) is 24.3 Å². The monoisotopic (exact) mass is 536 g/mol. The number of thioether (sulfide) groups is 1. The van der Waals surface area contributed by atoms with Crippen molar-refractivity contribution in [2.45, 2.75) is 16.1 Å². The van der Waals surface area contributed by atoms with E-state index >= 15 is 0 Å². The molecular weight excluding hydrogens is 520 g/mol. The zero-order chi connectivity index (χ0) is 25.2. The molecule has 1 amide bonds. The number of carbonyl (C=O) groups excluding carboxylic acids is 2. The number of carbonyl (C=O) groups is 2. The summed E-state index contributed by atoms with van der Waals surface area (Å²) in [6, 6.07) is 15.7. The maximum Gasteiger partial charge on any atom is 0.301 e. The van der Waals surface area contributed by atoms with Crippen LogP contribution in [-0.2, 0) is 15.3 Å². The molecular formula is C25H17ClN4O4S2. The standard InChI is InChI=1S/C25H17ClN4O4S2/c26-17-5-1-14(2-6-17)13-35-25-29-28-24(36-25)30-20(15-3-7-18(31)8-4-15)19(22(33)23(30)34)21(32)16-9-11-27-12-10-16/h1-12,20,31-32H,13H2. The first kappa shape index (κ1) is 24.0. The zero-order valence-electron chi connectivity index (χ0n) is 18.4. The number of ketones is 1. The molecule has 36 heavy (non-hydrogen) atoms. The number of halogens is 1. The van der Waals surface area contributed by atoms with Gasteiger partial charge in [0.15, 0.2) is 4.34 Å². The van der Waals surface area contributed by atoms with Crippen molar-refractivity contribution in [3.63, 3.8) is 0 Å². The lowest BCUT2D eigenvalue weighted by atomic mass is 9.95. The number of hydrogen-bond donors (Lipinski definition) is 2. The van der Waals surface area contributed by atoms with E-state index in [9.17, 15) is 19.8 Å². The van der Waals surface area contributed by atoms with E-state index in [1.54, 1.807) is 24.3 Å². The number of pyridine rings is 1. The number of nitrogens with zero attached hydrogens (tertiary/aromatic N) is 4. The summed E-state index contributed by atoms with van der Waals surface area (Å²) in [5, 5.41) is 30.1. The van der Waals surface area contributed by atoms with Crippen LogP contribution in [0.5, 0.6) is 5.75 Å². The molecule has 1 aliphatic heterocycles. The second-order valence-corrected chi connectivity index (χ2v) is 10.4. The van der Waals surface area contributed by atoms with Crippen LogP contribution in [0, 0.1) is 0 Å². The molecule has 8 nitrogen and oxygen atoms in total. The number of phenols is 1. The van der Waals surface area contributed by atoms with Crippen LogP contribution >= 0.6 is 34.7 Å². The van der Waals surface area contributed by atoms with Gasteiger partial charge in [-0.1, -0.05) is 59.0 Å². The molecule has 1 aliphatic rings. The molecule has 0 spiro atoms. The van der Waals surface area contributed by atoms with Crippen molar-refractivity contribution in [3.8, 4) is 5.75 Å². The Bertz CT molecular complexity index is 1460. The summed E-state index contributed by atoms with van der Waals surface area (Å²) < 4.78 is 0.612. The molecule has 0 aliphatic carbocycles. The summed E-state index contributed by atoms with van der Waals surface area (Å²) in [6.07, 6.45) is 2.96. The van der Waals surface area contributed by atoms with E-state index in [1.165, 1.54) is 52.5 Å². The summed E-state index contributed by atoms with van der Waals surface area (Å²) >= 11 is 8.56. The van der Waals surface area contributed by atoms with E-state index in [-0.39, 0.29) is 22.2 Å². The number of aromatic hydroxyl groups is 1. The topological polar surface area (TPSA) is 117 Å². The van der Waals surface area contributed by atoms with Crippen LogP contribution in [0.3, 0.4) is 0 Å². The summed E-state index contributed by atoms with van der Waals surface area (Å²) in [5.74, 6) is -1.34. The van der Waals surface area contributed by atoms with Crippen molar-refractivity contribution in [3.05, 3.63) is 100 Å². The van der Waals surface area contributed by atoms with E-state index in [0.717, 1.165) is 5.56 Å². The molecule has 0 saturated carbocycles. The molecule has 4 aromatic rings. The van der Waals surface area contributed by atoms with Gasteiger partial charge in [0.2, 0.25) is 5.13 Å². The average Bonchev–Trinajstić information content (AvgIpc) is 3.46. The fraction of sp³-hybridized carbons (Fsp3) is 0.0800. The van der Waals surface area contributed by atoms with Crippen molar-refractivity contribution in [2.24, 2.45) is 0 Å². The number of amides is 1. The number of Topliss-reactive ketones (excluding diaryl/α,β-unsaturated/α-hetero) is 1. The maximum atomic E-state index is 13.2. The number of aromatic nitrogens is 3. The number of rotatable bonds is 6. The smallest absolute Gasteiger partial charge is 0.301 e. The van der Waals surface area contributed by atoms with Crippen molar-refractivity contribution >= 4 is 57.3 Å². The number of anilines is 1. The number of benzene rings is 2. The lowest BCUT2D eigenvalue weighted by molar-refractivity contribution is -0.132. The van der Waals surface area contributed by atoms with Gasteiger partial charge in [-0.15, -0.1) is 10.2 Å². The SMILES string of the molecule is O=C1C(=O)N(c2nnc(SCc3ccc(Cl)cc3)s2)C(c2ccc(O)cc2)C1=C(O)c1ccncc1. The molecule has 5 rings (SSSR count). The summed E-state index contributed by atoms with van der Waals surface area (Å²) in [7, 11) is 0. The second-order valence-electron chi connectivity index (χ2n) is 7.76. The molecule has 0 bridgehead atoms. The predicted molar refractivity (Wildman–Crippen MR) is 138 cm³/mol. The molecule has 11 heteroatoms. The van der Waals surface area contributed by atoms with Gasteiger partial charge in [-0.25, -0.2) is 0 Å². The first-order chi connectivity index (χ1) is 17.4. The Morgan fingerprint density at radius 1 is 1.00 bits per heavy atom. The van der Waals surface area contributed by atoms with Gasteiger partial charge in [-0.2, -0.15) is 0 Å². The highest BCUT2D eigenvalue weighted by Crippen LogP contribution is 2.44. The Labute approximate surface area is 218 Å². The zero-order valence-corrected chi connectivity index (χ0v) is 20.8. The Morgan fingerprint density at radius 3 is 2.39 bits per heavy atom. The first-order valence-electron chi connectivity index (χ1n) is 10.6. The van der Waals surface area contributed by atoms with E-state index in [2.05, 4.69) is 15.2 Å². The minimum Gasteiger partial charge on any atom is -0.508 e. The van der Waals surface area contributed by atoms with Crippen LogP contribution in [-0.4, -0.2) is 37.1 Å². The van der Waals surface area contributed by atoms with Crippen molar-refractivity contribution < 1.29 is 19.8 Å². The third kappa shape index (κ3) is 4.70. The number of hydrogen-bond acceptors (Lipinski definition) is 9. The van der Waals surface area contributed by atoms with Gasteiger partial charge in [-0.3, -0.25) is 19.5 Å². The normalized spacial score (nSPS) is 17.0. The number of aliphatic hydroxyl groups is 1. The molecule has 1 fully saturated rings. The van der Waals surface area contributed by atoms with Crippen LogP contribution in [0.25, 0.3) is 5.76 Å². The van der Waals surface area contributed by atoms with Gasteiger partial charge >= 0.3 is 5.91 Å². The lowest BCUT2D eigenvalue weighted by Crippen LogP contribution is -2.29. The van der Waals surface area contributed by atoms with Crippen LogP contribution in [0.15, 0.2) is 83.0 Å². The van der Waals surface area contributed by atoms with Gasteiger partial charge < -0.3 is 10.2 Å². The Hall–Kier alpha value is -3.73. The Balaban J connectivity index is 1.52. The first-order valence-corrected chi connectivity index (χ1v) is 12.8. The fourth-order valence-electron chi connectivity index (χ4n) is 3.75. The van der Waals surface area contributed by atoms with Gasteiger partial charge in [0.1, 0.15) is 11.5 Å². The van der Waals surface area contributed by atoms with Crippen molar-refractivity contribution in [2.75, 3.05) is 4.90 Å². The lowest BCUT2D eigenvalue weighted by Gasteiger charge is -2.22. The Morgan fingerprint density at radius 2 is 1.69 bits per heavy atom. The third-order valence-electron chi connectivity index (χ3n) is 5.48. The number of phenolic OH excluding ortho intramolecular Hbond substituents is 1. The second kappa shape index (κ2) is 10.1. The van der Waals surface area contributed by atoms with Crippen LogP contribution < -0.4 is 4.90 Å².